The second-order valence-corrected chi connectivity index (χ2v) is 5.25. The molecule has 17 heavy (non-hydrogen) atoms. The van der Waals surface area contributed by atoms with Crippen molar-refractivity contribution in [1.82, 2.24) is 29.5 Å². The molecule has 0 aliphatic rings. The summed E-state index contributed by atoms with van der Waals surface area (Å²) in [5.41, 5.74) is 0. The van der Waals surface area contributed by atoms with Crippen LogP contribution in [0, 0.1) is 6.92 Å². The van der Waals surface area contributed by atoms with E-state index in [1.807, 2.05) is 0 Å². The van der Waals surface area contributed by atoms with Gasteiger partial charge in [0.2, 0.25) is 0 Å². The summed E-state index contributed by atoms with van der Waals surface area (Å²) in [7, 11) is -1.84. The highest BCUT2D eigenvalue weighted by Gasteiger charge is 2.17. The van der Waals surface area contributed by atoms with Gasteiger partial charge in [-0.25, -0.2) is 18.1 Å². The number of aryl methyl sites for hydroxylation is 2. The summed E-state index contributed by atoms with van der Waals surface area (Å²) in [6.07, 6.45) is 2.78. The summed E-state index contributed by atoms with van der Waals surface area (Å²) < 4.78 is 27.7. The maximum atomic E-state index is 11.8. The summed E-state index contributed by atoms with van der Waals surface area (Å²) >= 11 is 0. The molecule has 0 atom stereocenters. The minimum Gasteiger partial charge on any atom is -0.332 e. The van der Waals surface area contributed by atoms with Gasteiger partial charge in [0.05, 0.1) is 12.7 Å². The third-order valence-electron chi connectivity index (χ3n) is 2.19. The van der Waals surface area contributed by atoms with Gasteiger partial charge in [-0.1, -0.05) is 0 Å². The molecule has 2 heterocycles. The quantitative estimate of drug-likeness (QED) is 0.754. The van der Waals surface area contributed by atoms with Crippen LogP contribution >= 0.6 is 0 Å². The zero-order valence-electron chi connectivity index (χ0n) is 9.38. The van der Waals surface area contributed by atoms with E-state index in [2.05, 4.69) is 24.9 Å². The Hall–Kier alpha value is -1.74. The maximum Gasteiger partial charge on any atom is 0.258 e. The van der Waals surface area contributed by atoms with Crippen LogP contribution in [-0.4, -0.2) is 33.2 Å². The van der Waals surface area contributed by atoms with Crippen molar-refractivity contribution < 1.29 is 8.42 Å². The summed E-state index contributed by atoms with van der Waals surface area (Å²) in [5.74, 6) is 1.08. The molecule has 2 aromatic rings. The second kappa shape index (κ2) is 4.26. The molecule has 0 unspecified atom stereocenters. The maximum absolute atomic E-state index is 11.8. The number of hydrogen-bond donors (Lipinski definition) is 2. The molecule has 0 fully saturated rings. The fourth-order valence-electron chi connectivity index (χ4n) is 1.24. The molecule has 2 aromatic heterocycles. The first-order chi connectivity index (χ1) is 7.99. The molecule has 0 bridgehead atoms. The minimum absolute atomic E-state index is 0.0390. The predicted octanol–water partition coefficient (Wildman–Crippen LogP) is -0.675. The van der Waals surface area contributed by atoms with Gasteiger partial charge in [-0.05, 0) is 6.92 Å². The largest absolute Gasteiger partial charge is 0.332 e. The van der Waals surface area contributed by atoms with E-state index in [1.54, 1.807) is 18.5 Å². The third-order valence-corrected chi connectivity index (χ3v) is 3.51. The van der Waals surface area contributed by atoms with Crippen LogP contribution in [0.5, 0.6) is 0 Å². The molecular formula is C8H12N6O2S. The Labute approximate surface area is 98.1 Å². The zero-order valence-corrected chi connectivity index (χ0v) is 10.2. The smallest absolute Gasteiger partial charge is 0.258 e. The Balaban J connectivity index is 2.11. The van der Waals surface area contributed by atoms with Crippen LogP contribution in [-0.2, 0) is 23.6 Å². The molecule has 0 spiro atoms. The van der Waals surface area contributed by atoms with Crippen molar-refractivity contribution in [2.24, 2.45) is 7.05 Å². The van der Waals surface area contributed by atoms with E-state index < -0.39 is 10.0 Å². The minimum atomic E-state index is -3.58. The van der Waals surface area contributed by atoms with Crippen molar-refractivity contribution in [3.05, 3.63) is 24.2 Å². The van der Waals surface area contributed by atoms with Crippen LogP contribution < -0.4 is 4.72 Å². The molecule has 9 heteroatoms. The number of H-pyrrole nitrogens is 1. The Bertz CT molecular complexity index is 614. The van der Waals surface area contributed by atoms with Crippen molar-refractivity contribution >= 4 is 10.0 Å². The van der Waals surface area contributed by atoms with Crippen LogP contribution in [0.25, 0.3) is 0 Å². The van der Waals surface area contributed by atoms with Crippen LogP contribution in [0.1, 0.15) is 11.6 Å². The molecule has 0 amide bonds. The zero-order chi connectivity index (χ0) is 12.5. The average molecular weight is 256 g/mol. The van der Waals surface area contributed by atoms with Gasteiger partial charge in [-0.3, -0.25) is 0 Å². The Kier molecular flexibility index (Phi) is 2.94. The van der Waals surface area contributed by atoms with Crippen molar-refractivity contribution in [2.45, 2.75) is 18.5 Å². The number of imidazole rings is 1. The molecule has 8 nitrogen and oxygen atoms in total. The second-order valence-electron chi connectivity index (χ2n) is 3.52. The van der Waals surface area contributed by atoms with Crippen molar-refractivity contribution in [3.8, 4) is 0 Å². The lowest BCUT2D eigenvalue weighted by Crippen LogP contribution is -2.25. The van der Waals surface area contributed by atoms with E-state index in [1.165, 1.54) is 12.5 Å². The van der Waals surface area contributed by atoms with E-state index in [0.717, 1.165) is 0 Å². The van der Waals surface area contributed by atoms with Crippen molar-refractivity contribution in [3.63, 3.8) is 0 Å². The topological polar surface area (TPSA) is 106 Å². The SMILES string of the molecule is Cc1ncc(S(=O)(=O)NCc2nncn2C)[nH]1. The molecule has 0 aromatic carbocycles. The summed E-state index contributed by atoms with van der Waals surface area (Å²) in [4.78, 5) is 6.49. The number of aromatic amines is 1. The van der Waals surface area contributed by atoms with Gasteiger partial charge in [0.25, 0.3) is 10.0 Å². The van der Waals surface area contributed by atoms with E-state index in [0.29, 0.717) is 11.6 Å². The van der Waals surface area contributed by atoms with Gasteiger partial charge in [-0.2, -0.15) is 0 Å². The number of rotatable bonds is 4. The first-order valence-electron chi connectivity index (χ1n) is 4.83. The van der Waals surface area contributed by atoms with E-state index in [4.69, 9.17) is 0 Å². The molecule has 0 aliphatic heterocycles. The highest BCUT2D eigenvalue weighted by Crippen LogP contribution is 2.05. The van der Waals surface area contributed by atoms with Gasteiger partial charge < -0.3 is 9.55 Å². The van der Waals surface area contributed by atoms with E-state index >= 15 is 0 Å². The Morgan fingerprint density at radius 3 is 2.82 bits per heavy atom. The lowest BCUT2D eigenvalue weighted by molar-refractivity contribution is 0.574. The first-order valence-corrected chi connectivity index (χ1v) is 6.31. The van der Waals surface area contributed by atoms with E-state index in [9.17, 15) is 8.42 Å². The molecular weight excluding hydrogens is 244 g/mol. The van der Waals surface area contributed by atoms with Crippen LogP contribution in [0.2, 0.25) is 0 Å². The fraction of sp³-hybridized carbons (Fsp3) is 0.375. The summed E-state index contributed by atoms with van der Waals surface area (Å²) in [5, 5.41) is 7.47. The van der Waals surface area contributed by atoms with Gasteiger partial charge in [0.15, 0.2) is 5.03 Å². The molecule has 0 radical (unpaired) electrons. The highest BCUT2D eigenvalue weighted by molar-refractivity contribution is 7.89. The molecule has 92 valence electrons. The van der Waals surface area contributed by atoms with Gasteiger partial charge in [-0.15, -0.1) is 10.2 Å². The predicted molar refractivity (Wildman–Crippen MR) is 58.4 cm³/mol. The third kappa shape index (κ3) is 2.50. The Morgan fingerprint density at radius 2 is 2.29 bits per heavy atom. The van der Waals surface area contributed by atoms with Gasteiger partial charge in [0, 0.05) is 7.05 Å². The van der Waals surface area contributed by atoms with E-state index in [-0.39, 0.29) is 11.6 Å². The van der Waals surface area contributed by atoms with Gasteiger partial charge >= 0.3 is 0 Å². The molecule has 0 saturated heterocycles. The van der Waals surface area contributed by atoms with Crippen LogP contribution in [0.15, 0.2) is 17.6 Å². The number of nitrogens with one attached hydrogen (secondary N) is 2. The first kappa shape index (κ1) is 11.7. The van der Waals surface area contributed by atoms with Crippen LogP contribution in [0.4, 0.5) is 0 Å². The summed E-state index contributed by atoms with van der Waals surface area (Å²) in [6.45, 7) is 1.76. The molecule has 2 rings (SSSR count). The number of nitrogens with zero attached hydrogens (tertiary/aromatic N) is 4. The number of aromatic nitrogens is 5. The lowest BCUT2D eigenvalue weighted by Gasteiger charge is -2.03. The number of sulfonamides is 1. The normalized spacial score (nSPS) is 11.9. The summed E-state index contributed by atoms with van der Waals surface area (Å²) in [6, 6.07) is 0. The van der Waals surface area contributed by atoms with Crippen LogP contribution in [0.3, 0.4) is 0 Å². The Morgan fingerprint density at radius 1 is 1.53 bits per heavy atom. The molecule has 0 aliphatic carbocycles. The molecule has 0 saturated carbocycles. The van der Waals surface area contributed by atoms with Crippen molar-refractivity contribution in [1.29, 1.82) is 0 Å². The highest BCUT2D eigenvalue weighted by atomic mass is 32.2. The fourth-order valence-corrected chi connectivity index (χ4v) is 2.19. The molecule has 2 N–H and O–H groups in total. The average Bonchev–Trinajstić information content (AvgIpc) is 2.85. The van der Waals surface area contributed by atoms with Gasteiger partial charge in [0.1, 0.15) is 18.0 Å². The lowest BCUT2D eigenvalue weighted by atomic mass is 10.6. The number of hydrogen-bond acceptors (Lipinski definition) is 5. The monoisotopic (exact) mass is 256 g/mol. The van der Waals surface area contributed by atoms with Crippen molar-refractivity contribution in [2.75, 3.05) is 0 Å². The standard InChI is InChI=1S/C8H12N6O2S/c1-6-9-4-8(12-6)17(15,16)11-3-7-13-10-5-14(7)2/h4-5,11H,3H2,1-2H3,(H,9,12).